The molecule has 0 saturated carbocycles. The van der Waals surface area contributed by atoms with Crippen molar-refractivity contribution in [3.63, 3.8) is 0 Å². The molecule has 2 aromatic heterocycles. The maximum Gasteiger partial charge on any atom is 0.335 e. The van der Waals surface area contributed by atoms with Crippen LogP contribution in [0.3, 0.4) is 0 Å². The lowest BCUT2D eigenvalue weighted by atomic mass is 10.1. The van der Waals surface area contributed by atoms with Crippen LogP contribution in [0.4, 0.5) is 5.69 Å². The lowest BCUT2D eigenvalue weighted by molar-refractivity contribution is 0.0697. The molecule has 1 aliphatic rings. The first kappa shape index (κ1) is 21.2. The third-order valence-corrected chi connectivity index (χ3v) is 7.18. The first-order valence-corrected chi connectivity index (χ1v) is 12.1. The monoisotopic (exact) mass is 479 g/mol. The highest BCUT2D eigenvalue weighted by Gasteiger charge is 2.20. The molecule has 0 fully saturated rings. The Morgan fingerprint density at radius 2 is 1.49 bits per heavy atom. The van der Waals surface area contributed by atoms with Gasteiger partial charge in [0.2, 0.25) is 0 Å². The number of aromatic nitrogens is 4. The van der Waals surface area contributed by atoms with Crippen LogP contribution in [0.2, 0.25) is 0 Å². The number of hydrogen-bond acceptors (Lipinski definition) is 6. The van der Waals surface area contributed by atoms with E-state index in [1.165, 1.54) is 28.3 Å². The molecule has 0 aliphatic carbocycles. The van der Waals surface area contributed by atoms with E-state index in [2.05, 4.69) is 57.7 Å². The van der Waals surface area contributed by atoms with Gasteiger partial charge in [0.1, 0.15) is 10.0 Å². The van der Waals surface area contributed by atoms with Crippen LogP contribution in [0.25, 0.3) is 26.8 Å². The fourth-order valence-corrected chi connectivity index (χ4v) is 5.13. The van der Waals surface area contributed by atoms with Crippen LogP contribution >= 0.6 is 11.3 Å². The lowest BCUT2D eigenvalue weighted by Gasteiger charge is -2.28. The normalized spacial score (nSPS) is 13.0. The van der Waals surface area contributed by atoms with Gasteiger partial charge in [-0.1, -0.05) is 41.7 Å². The van der Waals surface area contributed by atoms with Crippen molar-refractivity contribution in [2.45, 2.75) is 13.0 Å². The molecular weight excluding hydrogens is 458 g/mol. The number of nitrogens with zero attached hydrogens (tertiary/aromatic N) is 5. The number of benzene rings is 3. The predicted molar refractivity (Wildman–Crippen MR) is 136 cm³/mol. The number of carbonyl (C=O) groups is 1. The third kappa shape index (κ3) is 4.20. The van der Waals surface area contributed by atoms with Gasteiger partial charge in [0, 0.05) is 48.1 Å². The SMILES string of the molecule is O=C(O)c1ccc(-c2nnc(-c3ccc(N4CCc5nn(-c6ccccc6)cc5C4)cc3)s2)cc1. The van der Waals surface area contributed by atoms with Crippen LogP contribution in [0.5, 0.6) is 0 Å². The molecule has 8 heteroatoms. The number of carboxylic acid groups (broad SMARTS) is 1. The van der Waals surface area contributed by atoms with Gasteiger partial charge in [0.15, 0.2) is 0 Å². The van der Waals surface area contributed by atoms with E-state index in [4.69, 9.17) is 10.2 Å². The quantitative estimate of drug-likeness (QED) is 0.367. The summed E-state index contributed by atoms with van der Waals surface area (Å²) in [5.41, 5.74) is 6.79. The molecule has 0 radical (unpaired) electrons. The van der Waals surface area contributed by atoms with E-state index < -0.39 is 5.97 Å². The van der Waals surface area contributed by atoms with Crippen LogP contribution in [0, 0.1) is 0 Å². The van der Waals surface area contributed by atoms with Gasteiger partial charge < -0.3 is 10.0 Å². The molecule has 7 nitrogen and oxygen atoms in total. The summed E-state index contributed by atoms with van der Waals surface area (Å²) in [7, 11) is 0. The van der Waals surface area contributed by atoms with Gasteiger partial charge in [0.05, 0.1) is 16.9 Å². The second kappa shape index (κ2) is 8.81. The average Bonchev–Trinajstić information content (AvgIpc) is 3.57. The summed E-state index contributed by atoms with van der Waals surface area (Å²) in [6.45, 7) is 1.75. The number of fused-ring (bicyclic) bond motifs is 1. The number of carboxylic acids is 1. The van der Waals surface area contributed by atoms with Crippen molar-refractivity contribution in [3.8, 4) is 26.8 Å². The summed E-state index contributed by atoms with van der Waals surface area (Å²) < 4.78 is 1.97. The van der Waals surface area contributed by atoms with Gasteiger partial charge in [-0.05, 0) is 48.5 Å². The first-order chi connectivity index (χ1) is 17.1. The number of hydrogen-bond donors (Lipinski definition) is 1. The van der Waals surface area contributed by atoms with Crippen molar-refractivity contribution in [2.75, 3.05) is 11.4 Å². The Labute approximate surface area is 205 Å². The maximum atomic E-state index is 11.1. The fourth-order valence-electron chi connectivity index (χ4n) is 4.27. The van der Waals surface area contributed by atoms with E-state index in [1.807, 2.05) is 22.9 Å². The van der Waals surface area contributed by atoms with Crippen molar-refractivity contribution in [1.29, 1.82) is 0 Å². The fraction of sp³-hybridized carbons (Fsp3) is 0.111. The molecular formula is C27H21N5O2S. The van der Waals surface area contributed by atoms with Gasteiger partial charge in [-0.3, -0.25) is 0 Å². The molecule has 3 aromatic carbocycles. The van der Waals surface area contributed by atoms with E-state index >= 15 is 0 Å². The second-order valence-corrected chi connectivity index (χ2v) is 9.37. The molecule has 0 amide bonds. The Hall–Kier alpha value is -4.30. The highest BCUT2D eigenvalue weighted by Crippen LogP contribution is 2.32. The predicted octanol–water partition coefficient (Wildman–Crippen LogP) is 5.32. The Balaban J connectivity index is 1.17. The molecule has 0 unspecified atom stereocenters. The Bertz CT molecular complexity index is 1490. The van der Waals surface area contributed by atoms with Gasteiger partial charge in [-0.25, -0.2) is 9.48 Å². The molecule has 172 valence electrons. The molecule has 35 heavy (non-hydrogen) atoms. The Kier molecular flexibility index (Phi) is 5.35. The standard InChI is InChI=1S/C27H21N5O2S/c33-27(34)20-8-6-18(7-9-20)25-28-29-26(35-25)19-10-12-22(13-11-19)31-15-14-24-21(16-31)17-32(30-24)23-4-2-1-3-5-23/h1-13,17H,14-16H2,(H,33,34). The molecule has 1 N–H and O–H groups in total. The third-order valence-electron chi connectivity index (χ3n) is 6.16. The van der Waals surface area contributed by atoms with E-state index in [9.17, 15) is 4.79 Å². The summed E-state index contributed by atoms with van der Waals surface area (Å²) in [5.74, 6) is -0.940. The van der Waals surface area contributed by atoms with E-state index in [-0.39, 0.29) is 5.56 Å². The molecule has 0 spiro atoms. The molecule has 0 bridgehead atoms. The minimum atomic E-state index is -0.940. The highest BCUT2D eigenvalue weighted by molar-refractivity contribution is 7.17. The van der Waals surface area contributed by atoms with Crippen LogP contribution in [-0.4, -0.2) is 37.6 Å². The number of anilines is 1. The molecule has 6 rings (SSSR count). The first-order valence-electron chi connectivity index (χ1n) is 11.3. The molecule has 5 aromatic rings. The van der Waals surface area contributed by atoms with Crippen molar-refractivity contribution >= 4 is 23.0 Å². The van der Waals surface area contributed by atoms with Crippen LogP contribution in [0.15, 0.2) is 85.1 Å². The summed E-state index contributed by atoms with van der Waals surface area (Å²) in [6.07, 6.45) is 3.05. The topological polar surface area (TPSA) is 84.1 Å². The van der Waals surface area contributed by atoms with Crippen molar-refractivity contribution in [2.24, 2.45) is 0 Å². The largest absolute Gasteiger partial charge is 0.478 e. The Morgan fingerprint density at radius 1 is 0.829 bits per heavy atom. The summed E-state index contributed by atoms with van der Waals surface area (Å²) in [5, 5.41) is 24.1. The highest BCUT2D eigenvalue weighted by atomic mass is 32.1. The van der Waals surface area contributed by atoms with E-state index in [1.54, 1.807) is 24.3 Å². The summed E-state index contributed by atoms with van der Waals surface area (Å²) in [4.78, 5) is 13.4. The van der Waals surface area contributed by atoms with Crippen molar-refractivity contribution in [3.05, 3.63) is 102 Å². The minimum absolute atomic E-state index is 0.256. The lowest BCUT2D eigenvalue weighted by Crippen LogP contribution is -2.29. The number of rotatable bonds is 5. The zero-order valence-corrected chi connectivity index (χ0v) is 19.5. The van der Waals surface area contributed by atoms with Crippen LogP contribution < -0.4 is 4.90 Å². The Morgan fingerprint density at radius 3 is 2.14 bits per heavy atom. The average molecular weight is 480 g/mol. The molecule has 0 saturated heterocycles. The van der Waals surface area contributed by atoms with E-state index in [0.717, 1.165) is 46.3 Å². The smallest absolute Gasteiger partial charge is 0.335 e. The number of aromatic carboxylic acids is 1. The van der Waals surface area contributed by atoms with Gasteiger partial charge >= 0.3 is 5.97 Å². The maximum absolute atomic E-state index is 11.1. The summed E-state index contributed by atoms with van der Waals surface area (Å²) >= 11 is 1.49. The second-order valence-electron chi connectivity index (χ2n) is 8.39. The van der Waals surface area contributed by atoms with Gasteiger partial charge in [-0.2, -0.15) is 5.10 Å². The molecule has 1 aliphatic heterocycles. The van der Waals surface area contributed by atoms with Crippen molar-refractivity contribution < 1.29 is 9.90 Å². The van der Waals surface area contributed by atoms with Crippen LogP contribution in [-0.2, 0) is 13.0 Å². The minimum Gasteiger partial charge on any atom is -0.478 e. The van der Waals surface area contributed by atoms with Crippen molar-refractivity contribution in [1.82, 2.24) is 20.0 Å². The zero-order valence-electron chi connectivity index (χ0n) is 18.7. The van der Waals surface area contributed by atoms with E-state index in [0.29, 0.717) is 0 Å². The number of para-hydroxylation sites is 1. The molecule has 3 heterocycles. The zero-order chi connectivity index (χ0) is 23.8. The van der Waals surface area contributed by atoms with Gasteiger partial charge in [0.25, 0.3) is 0 Å². The van der Waals surface area contributed by atoms with Gasteiger partial charge in [-0.15, -0.1) is 10.2 Å². The molecule has 0 atom stereocenters. The van der Waals surface area contributed by atoms with Crippen LogP contribution in [0.1, 0.15) is 21.6 Å². The summed E-state index contributed by atoms with van der Waals surface area (Å²) in [6, 6.07) is 25.3.